The zero-order valence-corrected chi connectivity index (χ0v) is 10.2. The predicted octanol–water partition coefficient (Wildman–Crippen LogP) is 1.37. The van der Waals surface area contributed by atoms with E-state index < -0.39 is 12.1 Å². The minimum Gasteiger partial charge on any atom is -0.460 e. The molecule has 0 spiro atoms. The Hall–Kier alpha value is -1.88. The summed E-state index contributed by atoms with van der Waals surface area (Å²) in [4.78, 5) is 16.7. The van der Waals surface area contributed by atoms with Gasteiger partial charge in [0.05, 0.1) is 12.3 Å². The summed E-state index contributed by atoms with van der Waals surface area (Å²) in [6.45, 7) is 0.612. The Morgan fingerprint density at radius 3 is 2.89 bits per heavy atom. The smallest absolute Gasteiger partial charge is 0.350 e. The Kier molecular flexibility index (Phi) is 4.30. The summed E-state index contributed by atoms with van der Waals surface area (Å²) in [5.41, 5.74) is 1.73. The third kappa shape index (κ3) is 3.07. The van der Waals surface area contributed by atoms with Crippen LogP contribution in [0.1, 0.15) is 12.0 Å². The highest BCUT2D eigenvalue weighted by atomic mass is 16.7. The van der Waals surface area contributed by atoms with Gasteiger partial charge in [-0.2, -0.15) is 0 Å². The molecule has 1 atom stereocenters. The van der Waals surface area contributed by atoms with Crippen LogP contribution in [-0.4, -0.2) is 38.1 Å². The first-order chi connectivity index (χ1) is 8.81. The van der Waals surface area contributed by atoms with Gasteiger partial charge < -0.3 is 14.3 Å². The highest BCUT2D eigenvalue weighted by Gasteiger charge is 2.30. The van der Waals surface area contributed by atoms with Crippen molar-refractivity contribution in [2.75, 3.05) is 20.3 Å². The van der Waals surface area contributed by atoms with E-state index in [1.165, 1.54) is 0 Å². The summed E-state index contributed by atoms with van der Waals surface area (Å²) in [6.07, 6.45) is -0.201. The molecule has 1 heterocycles. The van der Waals surface area contributed by atoms with Crippen molar-refractivity contribution in [2.45, 2.75) is 12.5 Å². The molecular formula is C13H15NO4. The van der Waals surface area contributed by atoms with Crippen LogP contribution in [0, 0.1) is 0 Å². The van der Waals surface area contributed by atoms with Crippen LogP contribution >= 0.6 is 0 Å². The van der Waals surface area contributed by atoms with Gasteiger partial charge in [-0.1, -0.05) is 35.5 Å². The molecule has 5 heteroatoms. The number of carbonyl (C=O) groups is 1. The molecule has 0 saturated carbocycles. The standard InChI is InChI=1S/C13H15NO4/c1-16-7-8-17-13(15)12-9-11(14-18-12)10-5-3-2-4-6-10/h2-6,12H,7-9H2,1H3. The van der Waals surface area contributed by atoms with Crippen LogP contribution in [0.2, 0.25) is 0 Å². The molecule has 0 bridgehead atoms. The topological polar surface area (TPSA) is 57.1 Å². The van der Waals surface area contributed by atoms with Gasteiger partial charge in [-0.05, 0) is 5.56 Å². The lowest BCUT2D eigenvalue weighted by Gasteiger charge is -2.07. The van der Waals surface area contributed by atoms with Crippen LogP contribution in [-0.2, 0) is 19.1 Å². The molecule has 0 N–H and O–H groups in total. The van der Waals surface area contributed by atoms with Crippen molar-refractivity contribution >= 4 is 11.7 Å². The van der Waals surface area contributed by atoms with Crippen LogP contribution in [0.5, 0.6) is 0 Å². The molecule has 1 aliphatic rings. The first-order valence-corrected chi connectivity index (χ1v) is 5.75. The number of benzene rings is 1. The fraction of sp³-hybridized carbons (Fsp3) is 0.385. The first-order valence-electron chi connectivity index (χ1n) is 5.75. The number of ether oxygens (including phenoxy) is 2. The molecule has 0 radical (unpaired) electrons. The monoisotopic (exact) mass is 249 g/mol. The second-order valence-corrected chi connectivity index (χ2v) is 3.86. The van der Waals surface area contributed by atoms with Crippen LogP contribution in [0.25, 0.3) is 0 Å². The van der Waals surface area contributed by atoms with Crippen molar-refractivity contribution in [2.24, 2.45) is 5.16 Å². The van der Waals surface area contributed by atoms with Crippen molar-refractivity contribution < 1.29 is 19.1 Å². The summed E-state index contributed by atoms with van der Waals surface area (Å²) in [7, 11) is 1.55. The quantitative estimate of drug-likeness (QED) is 0.584. The summed E-state index contributed by atoms with van der Waals surface area (Å²) < 4.78 is 9.79. The van der Waals surface area contributed by atoms with Gasteiger partial charge in [-0.25, -0.2) is 4.79 Å². The summed E-state index contributed by atoms with van der Waals surface area (Å²) in [6, 6.07) is 9.63. The summed E-state index contributed by atoms with van der Waals surface area (Å²) >= 11 is 0. The molecule has 0 aromatic heterocycles. The molecular weight excluding hydrogens is 234 g/mol. The number of oxime groups is 1. The molecule has 0 fully saturated rings. The average molecular weight is 249 g/mol. The normalized spacial score (nSPS) is 18.1. The van der Waals surface area contributed by atoms with Crippen molar-refractivity contribution in [3.05, 3.63) is 35.9 Å². The van der Waals surface area contributed by atoms with Crippen molar-refractivity contribution in [1.29, 1.82) is 0 Å². The van der Waals surface area contributed by atoms with E-state index in [-0.39, 0.29) is 6.61 Å². The second kappa shape index (κ2) is 6.16. The van der Waals surface area contributed by atoms with E-state index in [4.69, 9.17) is 14.3 Å². The van der Waals surface area contributed by atoms with Crippen LogP contribution in [0.3, 0.4) is 0 Å². The van der Waals surface area contributed by atoms with Crippen LogP contribution in [0.15, 0.2) is 35.5 Å². The third-order valence-corrected chi connectivity index (χ3v) is 2.57. The summed E-state index contributed by atoms with van der Waals surface area (Å²) in [5, 5.41) is 3.92. The number of methoxy groups -OCH3 is 1. The second-order valence-electron chi connectivity index (χ2n) is 3.86. The number of esters is 1. The minimum atomic E-state index is -0.642. The van der Waals surface area contributed by atoms with Crippen molar-refractivity contribution in [1.82, 2.24) is 0 Å². The number of hydrogen-bond acceptors (Lipinski definition) is 5. The Labute approximate surface area is 105 Å². The number of rotatable bonds is 5. The zero-order valence-electron chi connectivity index (χ0n) is 10.2. The molecule has 0 amide bonds. The Morgan fingerprint density at radius 1 is 1.39 bits per heavy atom. The Bertz CT molecular complexity index is 430. The maximum Gasteiger partial charge on any atom is 0.350 e. The SMILES string of the molecule is COCCOC(=O)C1CC(c2ccccc2)=NO1. The van der Waals surface area contributed by atoms with E-state index in [2.05, 4.69) is 5.16 Å². The van der Waals surface area contributed by atoms with Crippen molar-refractivity contribution in [3.63, 3.8) is 0 Å². The lowest BCUT2D eigenvalue weighted by Crippen LogP contribution is -2.25. The van der Waals surface area contributed by atoms with Gasteiger partial charge in [0.1, 0.15) is 6.61 Å². The van der Waals surface area contributed by atoms with E-state index in [1.807, 2.05) is 30.3 Å². The van der Waals surface area contributed by atoms with Gasteiger partial charge in [0, 0.05) is 13.5 Å². The third-order valence-electron chi connectivity index (χ3n) is 2.57. The molecule has 5 nitrogen and oxygen atoms in total. The molecule has 1 aliphatic heterocycles. The molecule has 1 aromatic carbocycles. The Morgan fingerprint density at radius 2 is 2.17 bits per heavy atom. The maximum absolute atomic E-state index is 11.6. The predicted molar refractivity (Wildman–Crippen MR) is 65.3 cm³/mol. The molecule has 18 heavy (non-hydrogen) atoms. The fourth-order valence-corrected chi connectivity index (χ4v) is 1.62. The van der Waals surface area contributed by atoms with Crippen LogP contribution in [0.4, 0.5) is 0 Å². The van der Waals surface area contributed by atoms with E-state index in [9.17, 15) is 4.79 Å². The fourth-order valence-electron chi connectivity index (χ4n) is 1.62. The van der Waals surface area contributed by atoms with Gasteiger partial charge >= 0.3 is 5.97 Å². The lowest BCUT2D eigenvalue weighted by atomic mass is 10.1. The largest absolute Gasteiger partial charge is 0.460 e. The highest BCUT2D eigenvalue weighted by Crippen LogP contribution is 2.17. The molecule has 2 rings (SSSR count). The zero-order chi connectivity index (χ0) is 12.8. The van der Waals surface area contributed by atoms with Gasteiger partial charge in [-0.3, -0.25) is 0 Å². The average Bonchev–Trinajstić information content (AvgIpc) is 2.89. The number of carbonyl (C=O) groups excluding carboxylic acids is 1. The highest BCUT2D eigenvalue weighted by molar-refractivity contribution is 6.03. The first kappa shape index (κ1) is 12.6. The maximum atomic E-state index is 11.6. The number of hydrogen-bond donors (Lipinski definition) is 0. The number of nitrogens with zero attached hydrogens (tertiary/aromatic N) is 1. The molecule has 0 aliphatic carbocycles. The summed E-state index contributed by atoms with van der Waals surface area (Å²) in [5.74, 6) is -0.401. The van der Waals surface area contributed by atoms with Gasteiger partial charge in [0.25, 0.3) is 0 Å². The van der Waals surface area contributed by atoms with E-state index in [0.29, 0.717) is 13.0 Å². The van der Waals surface area contributed by atoms with Gasteiger partial charge in [0.15, 0.2) is 0 Å². The van der Waals surface area contributed by atoms with Gasteiger partial charge in [0.2, 0.25) is 6.10 Å². The van der Waals surface area contributed by atoms with E-state index in [1.54, 1.807) is 7.11 Å². The lowest BCUT2D eigenvalue weighted by molar-refractivity contribution is -0.156. The molecule has 0 saturated heterocycles. The van der Waals surface area contributed by atoms with Crippen molar-refractivity contribution in [3.8, 4) is 0 Å². The molecule has 1 unspecified atom stereocenters. The molecule has 96 valence electrons. The van der Waals surface area contributed by atoms with Crippen LogP contribution < -0.4 is 0 Å². The van der Waals surface area contributed by atoms with Gasteiger partial charge in [-0.15, -0.1) is 0 Å². The minimum absolute atomic E-state index is 0.232. The van der Waals surface area contributed by atoms with E-state index >= 15 is 0 Å². The Balaban J connectivity index is 1.86. The van der Waals surface area contributed by atoms with E-state index in [0.717, 1.165) is 11.3 Å². The molecule has 1 aromatic rings.